The minimum atomic E-state index is -0.849. The van der Waals surface area contributed by atoms with Crippen LogP contribution < -0.4 is 10.1 Å². The summed E-state index contributed by atoms with van der Waals surface area (Å²) in [6.45, 7) is 6.88. The van der Waals surface area contributed by atoms with Gasteiger partial charge < -0.3 is 20.1 Å². The molecule has 1 fully saturated rings. The van der Waals surface area contributed by atoms with Gasteiger partial charge in [0.05, 0.1) is 5.92 Å². The van der Waals surface area contributed by atoms with E-state index in [1.165, 1.54) is 0 Å². The molecular formula is C17H22N2O4. The Bertz CT molecular complexity index is 600. The number of benzene rings is 1. The lowest BCUT2D eigenvalue weighted by Crippen LogP contribution is -2.44. The standard InChI is InChI=1S/C17H22N2O4/c1-12(2)11-23-15-7-3-6-14(9-15)18-17(22)19-8-4-5-13(10-19)16(20)21/h3,6-7,9,13H,1,4-5,8,10-11H2,2H3,(H,18,22)(H,20,21). The Morgan fingerprint density at radius 3 is 2.96 bits per heavy atom. The van der Waals surface area contributed by atoms with Crippen LogP contribution >= 0.6 is 0 Å². The lowest BCUT2D eigenvalue weighted by atomic mass is 9.99. The van der Waals surface area contributed by atoms with Crippen molar-refractivity contribution in [1.29, 1.82) is 0 Å². The highest BCUT2D eigenvalue weighted by atomic mass is 16.5. The molecule has 0 saturated carbocycles. The number of likely N-dealkylation sites (tertiary alicyclic amines) is 1. The molecule has 0 bridgehead atoms. The number of anilines is 1. The topological polar surface area (TPSA) is 78.9 Å². The number of piperidine rings is 1. The van der Waals surface area contributed by atoms with Gasteiger partial charge in [0.15, 0.2) is 0 Å². The summed E-state index contributed by atoms with van der Waals surface area (Å²) in [6.07, 6.45) is 1.31. The fraction of sp³-hybridized carbons (Fsp3) is 0.412. The molecule has 0 aromatic heterocycles. The lowest BCUT2D eigenvalue weighted by molar-refractivity contribution is -0.143. The Labute approximate surface area is 135 Å². The largest absolute Gasteiger partial charge is 0.489 e. The molecule has 1 aliphatic heterocycles. The minimum absolute atomic E-state index is 0.243. The first-order valence-corrected chi connectivity index (χ1v) is 7.61. The van der Waals surface area contributed by atoms with Crippen molar-refractivity contribution in [2.45, 2.75) is 19.8 Å². The molecule has 124 valence electrons. The van der Waals surface area contributed by atoms with E-state index >= 15 is 0 Å². The highest BCUT2D eigenvalue weighted by Gasteiger charge is 2.28. The number of hydrogen-bond acceptors (Lipinski definition) is 3. The summed E-state index contributed by atoms with van der Waals surface area (Å²) in [5.41, 5.74) is 1.53. The summed E-state index contributed by atoms with van der Waals surface area (Å²) in [5.74, 6) is -0.690. The van der Waals surface area contributed by atoms with Crippen LogP contribution in [0.3, 0.4) is 0 Å². The van der Waals surface area contributed by atoms with Crippen LogP contribution in [0.15, 0.2) is 36.4 Å². The molecule has 0 spiro atoms. The number of ether oxygens (including phenoxy) is 1. The van der Waals surface area contributed by atoms with Crippen LogP contribution in [0.2, 0.25) is 0 Å². The lowest BCUT2D eigenvalue weighted by Gasteiger charge is -2.30. The first-order chi connectivity index (χ1) is 11.0. The molecule has 1 aromatic carbocycles. The number of hydrogen-bond donors (Lipinski definition) is 2. The predicted molar refractivity (Wildman–Crippen MR) is 87.7 cm³/mol. The van der Waals surface area contributed by atoms with Crippen molar-refractivity contribution in [2.75, 3.05) is 25.0 Å². The molecule has 6 heteroatoms. The molecule has 1 heterocycles. The number of nitrogens with one attached hydrogen (secondary N) is 1. The summed E-state index contributed by atoms with van der Waals surface area (Å²) >= 11 is 0. The molecule has 1 aromatic rings. The fourth-order valence-electron chi connectivity index (χ4n) is 2.44. The van der Waals surface area contributed by atoms with Crippen molar-refractivity contribution >= 4 is 17.7 Å². The van der Waals surface area contributed by atoms with E-state index in [0.29, 0.717) is 37.4 Å². The van der Waals surface area contributed by atoms with Gasteiger partial charge in [0, 0.05) is 24.8 Å². The van der Waals surface area contributed by atoms with Crippen molar-refractivity contribution in [3.8, 4) is 5.75 Å². The zero-order chi connectivity index (χ0) is 16.8. The van der Waals surface area contributed by atoms with Gasteiger partial charge in [-0.3, -0.25) is 4.79 Å². The third kappa shape index (κ3) is 5.02. The van der Waals surface area contributed by atoms with Gasteiger partial charge in [-0.15, -0.1) is 0 Å². The second-order valence-corrected chi connectivity index (χ2v) is 5.83. The summed E-state index contributed by atoms with van der Waals surface area (Å²) in [5, 5.41) is 11.9. The summed E-state index contributed by atoms with van der Waals surface area (Å²) in [7, 11) is 0. The molecule has 2 amide bonds. The highest BCUT2D eigenvalue weighted by Crippen LogP contribution is 2.20. The molecule has 0 aliphatic carbocycles. The molecule has 1 atom stereocenters. The van der Waals surface area contributed by atoms with Crippen molar-refractivity contribution in [3.63, 3.8) is 0 Å². The van der Waals surface area contributed by atoms with Crippen molar-refractivity contribution in [2.24, 2.45) is 5.92 Å². The quantitative estimate of drug-likeness (QED) is 0.818. The number of carbonyl (C=O) groups excluding carboxylic acids is 1. The first kappa shape index (κ1) is 16.9. The summed E-state index contributed by atoms with van der Waals surface area (Å²) in [6, 6.07) is 6.82. The monoisotopic (exact) mass is 318 g/mol. The average molecular weight is 318 g/mol. The van der Waals surface area contributed by atoms with Gasteiger partial charge >= 0.3 is 12.0 Å². The minimum Gasteiger partial charge on any atom is -0.489 e. The number of aliphatic carboxylic acids is 1. The Balaban J connectivity index is 1.95. The predicted octanol–water partition coefficient (Wildman–Crippen LogP) is 2.97. The highest BCUT2D eigenvalue weighted by molar-refractivity contribution is 5.90. The van der Waals surface area contributed by atoms with Gasteiger partial charge in [-0.2, -0.15) is 0 Å². The van der Waals surface area contributed by atoms with Crippen LogP contribution in [-0.2, 0) is 4.79 Å². The third-order valence-electron chi connectivity index (χ3n) is 3.63. The van der Waals surface area contributed by atoms with E-state index in [1.807, 2.05) is 6.92 Å². The Kier molecular flexibility index (Phi) is 5.62. The van der Waals surface area contributed by atoms with Gasteiger partial charge in [-0.25, -0.2) is 4.79 Å². The second-order valence-electron chi connectivity index (χ2n) is 5.83. The molecule has 1 unspecified atom stereocenters. The second kappa shape index (κ2) is 7.67. The number of carbonyl (C=O) groups is 2. The normalized spacial score (nSPS) is 17.4. The third-order valence-corrected chi connectivity index (χ3v) is 3.63. The van der Waals surface area contributed by atoms with Crippen LogP contribution in [0, 0.1) is 5.92 Å². The maximum atomic E-state index is 12.3. The molecule has 0 radical (unpaired) electrons. The molecule has 6 nitrogen and oxygen atoms in total. The van der Waals surface area contributed by atoms with E-state index in [9.17, 15) is 9.59 Å². The van der Waals surface area contributed by atoms with Crippen LogP contribution in [0.4, 0.5) is 10.5 Å². The van der Waals surface area contributed by atoms with E-state index in [1.54, 1.807) is 29.2 Å². The average Bonchev–Trinajstić information content (AvgIpc) is 2.53. The van der Waals surface area contributed by atoms with Gasteiger partial charge in [0.1, 0.15) is 12.4 Å². The fourth-order valence-corrected chi connectivity index (χ4v) is 2.44. The molecule has 2 rings (SSSR count). The van der Waals surface area contributed by atoms with Crippen molar-refractivity contribution in [1.82, 2.24) is 4.90 Å². The smallest absolute Gasteiger partial charge is 0.321 e. The SMILES string of the molecule is C=C(C)COc1cccc(NC(=O)N2CCCC(C(=O)O)C2)c1. The molecule has 23 heavy (non-hydrogen) atoms. The number of carboxylic acids is 1. The number of rotatable bonds is 5. The van der Waals surface area contributed by atoms with E-state index < -0.39 is 11.9 Å². The maximum Gasteiger partial charge on any atom is 0.321 e. The van der Waals surface area contributed by atoms with Crippen LogP contribution in [0.1, 0.15) is 19.8 Å². The van der Waals surface area contributed by atoms with E-state index in [2.05, 4.69) is 11.9 Å². The Morgan fingerprint density at radius 1 is 1.48 bits per heavy atom. The van der Waals surface area contributed by atoms with Crippen LogP contribution in [-0.4, -0.2) is 41.7 Å². The van der Waals surface area contributed by atoms with Gasteiger partial charge in [-0.1, -0.05) is 12.6 Å². The maximum absolute atomic E-state index is 12.3. The zero-order valence-electron chi connectivity index (χ0n) is 13.2. The molecule has 1 aliphatic rings. The number of amides is 2. The number of nitrogens with zero attached hydrogens (tertiary/aromatic N) is 1. The molecular weight excluding hydrogens is 296 g/mol. The molecule has 1 saturated heterocycles. The van der Waals surface area contributed by atoms with Gasteiger partial charge in [-0.05, 0) is 37.5 Å². The van der Waals surface area contributed by atoms with E-state index in [-0.39, 0.29) is 12.6 Å². The first-order valence-electron chi connectivity index (χ1n) is 7.61. The molecule has 2 N–H and O–H groups in total. The van der Waals surface area contributed by atoms with E-state index in [4.69, 9.17) is 9.84 Å². The van der Waals surface area contributed by atoms with E-state index in [0.717, 1.165) is 5.57 Å². The van der Waals surface area contributed by atoms with Crippen LogP contribution in [0.25, 0.3) is 0 Å². The van der Waals surface area contributed by atoms with Gasteiger partial charge in [0.2, 0.25) is 0 Å². The Hall–Kier alpha value is -2.50. The van der Waals surface area contributed by atoms with Crippen molar-refractivity contribution in [3.05, 3.63) is 36.4 Å². The Morgan fingerprint density at radius 2 is 2.26 bits per heavy atom. The summed E-state index contributed by atoms with van der Waals surface area (Å²) < 4.78 is 5.54. The van der Waals surface area contributed by atoms with Crippen molar-refractivity contribution < 1.29 is 19.4 Å². The number of urea groups is 1. The van der Waals surface area contributed by atoms with Gasteiger partial charge in [0.25, 0.3) is 0 Å². The summed E-state index contributed by atoms with van der Waals surface area (Å²) in [4.78, 5) is 24.9. The zero-order valence-corrected chi connectivity index (χ0v) is 13.2. The number of carboxylic acid groups (broad SMARTS) is 1. The van der Waals surface area contributed by atoms with Crippen LogP contribution in [0.5, 0.6) is 5.75 Å².